The fraction of sp³-hybridized carbons (Fsp3) is 0.323. The Labute approximate surface area is 224 Å². The molecule has 6 heteroatoms. The molecule has 5 nitrogen and oxygen atoms in total. The van der Waals surface area contributed by atoms with Crippen molar-refractivity contribution >= 4 is 23.1 Å². The van der Waals surface area contributed by atoms with Gasteiger partial charge in [0.1, 0.15) is 18.1 Å². The van der Waals surface area contributed by atoms with Gasteiger partial charge >= 0.3 is 5.97 Å². The van der Waals surface area contributed by atoms with Gasteiger partial charge in [-0.2, -0.15) is 0 Å². The van der Waals surface area contributed by atoms with Crippen molar-refractivity contribution in [3.8, 4) is 11.5 Å². The second-order valence-electron chi connectivity index (χ2n) is 9.32. The summed E-state index contributed by atoms with van der Waals surface area (Å²) in [6.45, 7) is 7.26. The van der Waals surface area contributed by atoms with Crippen molar-refractivity contribution in [3.63, 3.8) is 0 Å². The first-order valence-corrected chi connectivity index (χ1v) is 13.1. The Kier molecular flexibility index (Phi) is 9.26. The Balaban J connectivity index is 1.28. The fourth-order valence-corrected chi connectivity index (χ4v) is 4.53. The quantitative estimate of drug-likeness (QED) is 0.272. The zero-order valence-electron chi connectivity index (χ0n) is 21.5. The molecule has 1 aliphatic heterocycles. The van der Waals surface area contributed by atoms with Gasteiger partial charge in [-0.3, -0.25) is 4.90 Å². The number of nitrogens with zero attached hydrogens (tertiary/aromatic N) is 1. The molecule has 37 heavy (non-hydrogen) atoms. The highest BCUT2D eigenvalue weighted by atomic mass is 35.5. The third kappa shape index (κ3) is 7.61. The van der Waals surface area contributed by atoms with E-state index in [0.29, 0.717) is 25.4 Å². The molecule has 194 valence electrons. The summed E-state index contributed by atoms with van der Waals surface area (Å²) in [6.07, 6.45) is 3.69. The zero-order chi connectivity index (χ0) is 26.1. The van der Waals surface area contributed by atoms with E-state index in [9.17, 15) is 4.79 Å². The number of rotatable bonds is 11. The number of hydrogen-bond acceptors (Lipinski definition) is 5. The first kappa shape index (κ1) is 26.8. The lowest BCUT2D eigenvalue weighted by molar-refractivity contribution is -0.160. The van der Waals surface area contributed by atoms with E-state index in [2.05, 4.69) is 23.1 Å². The van der Waals surface area contributed by atoms with Crippen LogP contribution in [0.1, 0.15) is 31.4 Å². The molecule has 4 rings (SSSR count). The molecule has 0 radical (unpaired) electrons. The van der Waals surface area contributed by atoms with Crippen molar-refractivity contribution in [2.45, 2.75) is 32.3 Å². The van der Waals surface area contributed by atoms with Crippen LogP contribution in [0, 0.1) is 0 Å². The third-order valence-corrected chi connectivity index (χ3v) is 6.69. The van der Waals surface area contributed by atoms with Crippen LogP contribution in [0.4, 0.5) is 0 Å². The van der Waals surface area contributed by atoms with Gasteiger partial charge < -0.3 is 14.2 Å². The topological polar surface area (TPSA) is 48.0 Å². The van der Waals surface area contributed by atoms with Crippen LogP contribution in [-0.4, -0.2) is 49.3 Å². The number of halogens is 1. The fourth-order valence-electron chi connectivity index (χ4n) is 4.41. The number of esters is 1. The lowest BCUT2D eigenvalue weighted by atomic mass is 9.96. The average Bonchev–Trinajstić information content (AvgIpc) is 2.91. The normalized spacial score (nSPS) is 15.4. The second-order valence-corrected chi connectivity index (χ2v) is 9.76. The van der Waals surface area contributed by atoms with Crippen molar-refractivity contribution < 1.29 is 19.0 Å². The Morgan fingerprint density at radius 3 is 2.35 bits per heavy atom. The van der Waals surface area contributed by atoms with Gasteiger partial charge in [-0.05, 0) is 73.4 Å². The molecule has 0 saturated heterocycles. The maximum Gasteiger partial charge on any atom is 0.350 e. The number of carbonyl (C=O) groups excluding carboxylic acids is 1. The van der Waals surface area contributed by atoms with Crippen LogP contribution in [0.5, 0.6) is 11.5 Å². The Hall–Kier alpha value is -3.28. The number of carbonyl (C=O) groups is 1. The summed E-state index contributed by atoms with van der Waals surface area (Å²) >= 11 is 6.01. The first-order chi connectivity index (χ1) is 17.9. The summed E-state index contributed by atoms with van der Waals surface area (Å²) in [5.41, 5.74) is 2.45. The number of benzene rings is 3. The summed E-state index contributed by atoms with van der Waals surface area (Å²) in [7, 11) is 0. The Bertz CT molecular complexity index is 1180. The van der Waals surface area contributed by atoms with E-state index in [0.717, 1.165) is 42.4 Å². The van der Waals surface area contributed by atoms with Crippen molar-refractivity contribution in [3.05, 3.63) is 101 Å². The minimum atomic E-state index is -1.13. The summed E-state index contributed by atoms with van der Waals surface area (Å²) in [6, 6.07) is 25.2. The zero-order valence-corrected chi connectivity index (χ0v) is 22.2. The molecule has 3 aromatic rings. The molecule has 0 fully saturated rings. The van der Waals surface area contributed by atoms with E-state index in [1.807, 2.05) is 66.7 Å². The first-order valence-electron chi connectivity index (χ1n) is 12.8. The van der Waals surface area contributed by atoms with Crippen molar-refractivity contribution in [1.82, 2.24) is 4.90 Å². The van der Waals surface area contributed by atoms with Crippen LogP contribution in [-0.2, 0) is 16.0 Å². The van der Waals surface area contributed by atoms with Crippen molar-refractivity contribution in [2.24, 2.45) is 0 Å². The van der Waals surface area contributed by atoms with Gasteiger partial charge in [-0.15, -0.1) is 0 Å². The summed E-state index contributed by atoms with van der Waals surface area (Å²) < 4.78 is 17.4. The van der Waals surface area contributed by atoms with E-state index in [1.54, 1.807) is 13.8 Å². The molecule has 0 saturated carbocycles. The number of ether oxygens (including phenoxy) is 3. The molecule has 3 aromatic carbocycles. The molecular formula is C31H34ClNO4. The van der Waals surface area contributed by atoms with E-state index >= 15 is 0 Å². The largest absolute Gasteiger partial charge is 0.492 e. The van der Waals surface area contributed by atoms with E-state index in [-0.39, 0.29) is 5.97 Å². The molecule has 0 N–H and O–H groups in total. The van der Waals surface area contributed by atoms with Crippen LogP contribution < -0.4 is 9.47 Å². The highest BCUT2D eigenvalue weighted by Gasteiger charge is 2.37. The van der Waals surface area contributed by atoms with Crippen LogP contribution >= 0.6 is 11.6 Å². The maximum atomic E-state index is 12.8. The predicted molar refractivity (Wildman–Crippen MR) is 148 cm³/mol. The van der Waals surface area contributed by atoms with E-state index in [1.165, 1.54) is 11.1 Å². The van der Waals surface area contributed by atoms with Crippen LogP contribution in [0.25, 0.3) is 5.57 Å². The van der Waals surface area contributed by atoms with Crippen molar-refractivity contribution in [2.75, 3.05) is 32.8 Å². The lowest BCUT2D eigenvalue weighted by Crippen LogP contribution is -2.45. The van der Waals surface area contributed by atoms with E-state index < -0.39 is 5.60 Å². The third-order valence-electron chi connectivity index (χ3n) is 6.44. The monoisotopic (exact) mass is 519 g/mol. The molecule has 0 aliphatic carbocycles. The van der Waals surface area contributed by atoms with Crippen LogP contribution in [0.3, 0.4) is 0 Å². The van der Waals surface area contributed by atoms with Crippen LogP contribution in [0.2, 0.25) is 5.02 Å². The Morgan fingerprint density at radius 1 is 0.973 bits per heavy atom. The lowest BCUT2D eigenvalue weighted by Gasteiger charge is -2.28. The van der Waals surface area contributed by atoms with E-state index in [4.69, 9.17) is 25.8 Å². The van der Waals surface area contributed by atoms with Gasteiger partial charge in [0, 0.05) is 31.1 Å². The van der Waals surface area contributed by atoms with Gasteiger partial charge in [-0.25, -0.2) is 4.79 Å². The maximum absolute atomic E-state index is 12.8. The van der Waals surface area contributed by atoms with Gasteiger partial charge in [0.25, 0.3) is 0 Å². The molecular weight excluding hydrogens is 486 g/mol. The van der Waals surface area contributed by atoms with Crippen LogP contribution in [0.15, 0.2) is 84.9 Å². The molecule has 0 spiro atoms. The molecule has 0 bridgehead atoms. The summed E-state index contributed by atoms with van der Waals surface area (Å²) in [4.78, 5) is 15.1. The predicted octanol–water partition coefficient (Wildman–Crippen LogP) is 6.45. The smallest absolute Gasteiger partial charge is 0.350 e. The Morgan fingerprint density at radius 2 is 1.70 bits per heavy atom. The van der Waals surface area contributed by atoms with Gasteiger partial charge in [0.05, 0.1) is 6.61 Å². The summed E-state index contributed by atoms with van der Waals surface area (Å²) in [5.74, 6) is 1.06. The SMILES string of the molecule is CCOC(=O)C(C)(Cc1ccc(OCCN2CC=C(c3ccc(Cl)cc3)CC2)cc1)Oc1ccccc1. The molecule has 0 aromatic heterocycles. The van der Waals surface area contributed by atoms with Gasteiger partial charge in [0.15, 0.2) is 0 Å². The van der Waals surface area contributed by atoms with Crippen molar-refractivity contribution in [1.29, 1.82) is 0 Å². The highest BCUT2D eigenvalue weighted by molar-refractivity contribution is 6.30. The number of para-hydroxylation sites is 1. The average molecular weight is 520 g/mol. The highest BCUT2D eigenvalue weighted by Crippen LogP contribution is 2.26. The number of hydrogen-bond donors (Lipinski definition) is 0. The molecule has 1 heterocycles. The minimum Gasteiger partial charge on any atom is -0.492 e. The molecule has 1 aliphatic rings. The second kappa shape index (κ2) is 12.8. The summed E-state index contributed by atoms with van der Waals surface area (Å²) in [5, 5.41) is 0.764. The van der Waals surface area contributed by atoms with Gasteiger partial charge in [0.2, 0.25) is 5.60 Å². The molecule has 0 amide bonds. The molecule has 1 unspecified atom stereocenters. The standard InChI is InChI=1S/C31H34ClNO4/c1-3-35-30(34)31(2,37-29-7-5-4-6-8-29)23-24-9-15-28(16-10-24)36-22-21-33-19-17-26(18-20-33)25-11-13-27(32)14-12-25/h4-17H,3,18-23H2,1-2H3. The van der Waals surface area contributed by atoms with Gasteiger partial charge in [-0.1, -0.05) is 60.1 Å². The molecule has 1 atom stereocenters. The minimum absolute atomic E-state index is 0.300.